The number of thiophene rings is 1. The van der Waals surface area contributed by atoms with Gasteiger partial charge in [-0.2, -0.15) is 0 Å². The molecule has 2 aromatic heterocycles. The summed E-state index contributed by atoms with van der Waals surface area (Å²) in [6.07, 6.45) is 1.60. The molecule has 1 aromatic carbocycles. The Morgan fingerprint density at radius 3 is 3.00 bits per heavy atom. The molecule has 20 heavy (non-hydrogen) atoms. The van der Waals surface area contributed by atoms with Crippen LogP contribution in [0.3, 0.4) is 0 Å². The highest BCUT2D eigenvalue weighted by molar-refractivity contribution is 7.16. The molecule has 0 N–H and O–H groups in total. The number of para-hydroxylation sites is 1. The monoisotopic (exact) mass is 286 g/mol. The molecule has 0 aliphatic heterocycles. The molecule has 0 atom stereocenters. The maximum absolute atomic E-state index is 12.4. The lowest BCUT2D eigenvalue weighted by Crippen LogP contribution is -2.20. The fraction of sp³-hybridized carbons (Fsp3) is 0.200. The second-order valence-electron chi connectivity index (χ2n) is 4.36. The van der Waals surface area contributed by atoms with Gasteiger partial charge in [-0.25, -0.2) is 4.98 Å². The van der Waals surface area contributed by atoms with Crippen molar-refractivity contribution in [2.24, 2.45) is 0 Å². The van der Waals surface area contributed by atoms with E-state index in [1.807, 2.05) is 42.6 Å². The topological polar surface area (TPSA) is 44.1 Å². The lowest BCUT2D eigenvalue weighted by Gasteiger charge is -2.11. The largest absolute Gasteiger partial charge is 0.494 e. The molecule has 3 rings (SSSR count). The first-order chi connectivity index (χ1) is 9.79. The summed E-state index contributed by atoms with van der Waals surface area (Å²) in [5.74, 6) is 0.812. The lowest BCUT2D eigenvalue weighted by atomic mass is 10.2. The minimum Gasteiger partial charge on any atom is -0.494 e. The highest BCUT2D eigenvalue weighted by Crippen LogP contribution is 2.19. The number of fused-ring (bicyclic) bond motifs is 1. The second kappa shape index (κ2) is 5.46. The van der Waals surface area contributed by atoms with Crippen molar-refractivity contribution in [1.82, 2.24) is 9.55 Å². The number of ether oxygens (including phenoxy) is 1. The standard InChI is InChI=1S/C15H14N2O2S/c1-2-19-13-6-4-3-5-11(13)9-17-10-16-14-12(15(17)18)7-8-20-14/h3-8,10H,2,9H2,1H3. The van der Waals surface area contributed by atoms with Crippen LogP contribution in [-0.4, -0.2) is 16.2 Å². The molecule has 0 bridgehead atoms. The molecule has 0 spiro atoms. The molecular weight excluding hydrogens is 272 g/mol. The average Bonchev–Trinajstić information content (AvgIpc) is 2.93. The fourth-order valence-corrected chi connectivity index (χ4v) is 2.84. The summed E-state index contributed by atoms with van der Waals surface area (Å²) in [7, 11) is 0. The highest BCUT2D eigenvalue weighted by Gasteiger charge is 2.08. The van der Waals surface area contributed by atoms with Gasteiger partial charge in [-0.15, -0.1) is 11.3 Å². The van der Waals surface area contributed by atoms with Gasteiger partial charge >= 0.3 is 0 Å². The summed E-state index contributed by atoms with van der Waals surface area (Å²) in [6.45, 7) is 3.02. The first kappa shape index (κ1) is 12.9. The first-order valence-corrected chi connectivity index (χ1v) is 7.31. The normalized spacial score (nSPS) is 10.8. The van der Waals surface area contributed by atoms with Crippen molar-refractivity contribution in [2.75, 3.05) is 6.61 Å². The second-order valence-corrected chi connectivity index (χ2v) is 5.25. The van der Waals surface area contributed by atoms with Crippen LogP contribution < -0.4 is 10.3 Å². The Hall–Kier alpha value is -2.14. The van der Waals surface area contributed by atoms with Crippen molar-refractivity contribution in [3.8, 4) is 5.75 Å². The van der Waals surface area contributed by atoms with E-state index < -0.39 is 0 Å². The molecule has 0 radical (unpaired) electrons. The van der Waals surface area contributed by atoms with Gasteiger partial charge < -0.3 is 4.74 Å². The van der Waals surface area contributed by atoms with Gasteiger partial charge in [0.05, 0.1) is 24.9 Å². The van der Waals surface area contributed by atoms with E-state index in [9.17, 15) is 4.79 Å². The van der Waals surface area contributed by atoms with Gasteiger partial charge in [0.25, 0.3) is 5.56 Å². The van der Waals surface area contributed by atoms with E-state index in [4.69, 9.17) is 4.74 Å². The highest BCUT2D eigenvalue weighted by atomic mass is 32.1. The van der Waals surface area contributed by atoms with Gasteiger partial charge in [0.15, 0.2) is 0 Å². The Morgan fingerprint density at radius 2 is 2.15 bits per heavy atom. The zero-order valence-electron chi connectivity index (χ0n) is 11.1. The molecule has 3 aromatic rings. The van der Waals surface area contributed by atoms with Crippen molar-refractivity contribution in [2.45, 2.75) is 13.5 Å². The lowest BCUT2D eigenvalue weighted by molar-refractivity contribution is 0.335. The Balaban J connectivity index is 2.01. The molecule has 0 fully saturated rings. The van der Waals surface area contributed by atoms with Gasteiger partial charge in [-0.3, -0.25) is 9.36 Å². The summed E-state index contributed by atoms with van der Waals surface area (Å²) >= 11 is 1.48. The molecule has 0 unspecified atom stereocenters. The zero-order chi connectivity index (χ0) is 13.9. The van der Waals surface area contributed by atoms with Crippen molar-refractivity contribution in [3.63, 3.8) is 0 Å². The third-order valence-electron chi connectivity index (χ3n) is 3.06. The van der Waals surface area contributed by atoms with Crippen LogP contribution in [-0.2, 0) is 6.54 Å². The van der Waals surface area contributed by atoms with Crippen LogP contribution in [0.5, 0.6) is 5.75 Å². The fourth-order valence-electron chi connectivity index (χ4n) is 2.12. The third-order valence-corrected chi connectivity index (χ3v) is 3.88. The van der Waals surface area contributed by atoms with Gasteiger partial charge in [-0.1, -0.05) is 18.2 Å². The van der Waals surface area contributed by atoms with E-state index in [0.29, 0.717) is 18.5 Å². The molecule has 0 saturated heterocycles. The van der Waals surface area contributed by atoms with Crippen LogP contribution in [0.25, 0.3) is 10.2 Å². The zero-order valence-corrected chi connectivity index (χ0v) is 11.9. The van der Waals surface area contributed by atoms with E-state index >= 15 is 0 Å². The molecular formula is C15H14N2O2S. The van der Waals surface area contributed by atoms with Crippen LogP contribution in [0.4, 0.5) is 0 Å². The summed E-state index contributed by atoms with van der Waals surface area (Å²) in [4.78, 5) is 17.4. The molecule has 0 aliphatic carbocycles. The van der Waals surface area contributed by atoms with Crippen molar-refractivity contribution < 1.29 is 4.74 Å². The van der Waals surface area contributed by atoms with Gasteiger partial charge in [0, 0.05) is 5.56 Å². The smallest absolute Gasteiger partial charge is 0.262 e. The summed E-state index contributed by atoms with van der Waals surface area (Å²) in [5.41, 5.74) is 0.968. The van der Waals surface area contributed by atoms with Gasteiger partial charge in [0.1, 0.15) is 10.6 Å². The molecule has 5 heteroatoms. The minimum atomic E-state index is -0.0115. The molecule has 2 heterocycles. The Bertz CT molecular complexity index is 792. The first-order valence-electron chi connectivity index (χ1n) is 6.43. The number of hydrogen-bond donors (Lipinski definition) is 0. The van der Waals surface area contributed by atoms with E-state index in [0.717, 1.165) is 16.1 Å². The number of hydrogen-bond acceptors (Lipinski definition) is 4. The van der Waals surface area contributed by atoms with E-state index in [2.05, 4.69) is 4.98 Å². The van der Waals surface area contributed by atoms with Crippen molar-refractivity contribution in [3.05, 3.63) is 58.0 Å². The van der Waals surface area contributed by atoms with Gasteiger partial charge in [0.2, 0.25) is 0 Å². The summed E-state index contributed by atoms with van der Waals surface area (Å²) in [5, 5.41) is 2.56. The number of aromatic nitrogens is 2. The third kappa shape index (κ3) is 2.32. The van der Waals surface area contributed by atoms with Crippen molar-refractivity contribution in [1.29, 1.82) is 0 Å². The minimum absolute atomic E-state index is 0.0115. The van der Waals surface area contributed by atoms with Crippen LogP contribution >= 0.6 is 11.3 Å². The summed E-state index contributed by atoms with van der Waals surface area (Å²) in [6, 6.07) is 9.58. The predicted octanol–water partition coefficient (Wildman–Crippen LogP) is 2.91. The number of rotatable bonds is 4. The van der Waals surface area contributed by atoms with Crippen LogP contribution in [0, 0.1) is 0 Å². The van der Waals surface area contributed by atoms with E-state index in [1.54, 1.807) is 10.9 Å². The molecule has 102 valence electrons. The maximum Gasteiger partial charge on any atom is 0.262 e. The van der Waals surface area contributed by atoms with Crippen LogP contribution in [0.15, 0.2) is 46.8 Å². The van der Waals surface area contributed by atoms with Crippen molar-refractivity contribution >= 4 is 21.6 Å². The number of benzene rings is 1. The average molecular weight is 286 g/mol. The molecule has 0 amide bonds. The molecule has 4 nitrogen and oxygen atoms in total. The van der Waals surface area contributed by atoms with Gasteiger partial charge in [-0.05, 0) is 24.4 Å². The van der Waals surface area contributed by atoms with E-state index in [1.165, 1.54) is 11.3 Å². The number of nitrogens with zero attached hydrogens (tertiary/aromatic N) is 2. The van der Waals surface area contributed by atoms with Crippen LogP contribution in [0.2, 0.25) is 0 Å². The molecule has 0 aliphatic rings. The Labute approximate surface area is 120 Å². The summed E-state index contributed by atoms with van der Waals surface area (Å²) < 4.78 is 7.21. The quantitative estimate of drug-likeness (QED) is 0.740. The predicted molar refractivity (Wildman–Crippen MR) is 80.6 cm³/mol. The molecule has 0 saturated carbocycles. The van der Waals surface area contributed by atoms with Crippen LogP contribution in [0.1, 0.15) is 12.5 Å². The maximum atomic E-state index is 12.4. The Kier molecular flexibility index (Phi) is 3.52. The van der Waals surface area contributed by atoms with E-state index in [-0.39, 0.29) is 5.56 Å². The SMILES string of the molecule is CCOc1ccccc1Cn1cnc2sccc2c1=O. The Morgan fingerprint density at radius 1 is 1.30 bits per heavy atom.